The van der Waals surface area contributed by atoms with E-state index >= 15 is 0 Å². The van der Waals surface area contributed by atoms with E-state index in [1.165, 1.54) is 36.8 Å². The predicted molar refractivity (Wildman–Crippen MR) is 66.5 cm³/mol. The van der Waals surface area contributed by atoms with Crippen LogP contribution in [0.15, 0.2) is 6.07 Å². The molecular weight excluding hydrogens is 180 g/mol. The minimum absolute atomic E-state index is 0.879. The van der Waals surface area contributed by atoms with Crippen molar-refractivity contribution in [2.45, 2.75) is 53.4 Å². The van der Waals surface area contributed by atoms with Gasteiger partial charge in [0.2, 0.25) is 0 Å². The smallest absolute Gasteiger partial charge is 0.0250 e. The highest BCUT2D eigenvalue weighted by atomic mass is 14.2. The molecule has 0 spiro atoms. The van der Waals surface area contributed by atoms with Gasteiger partial charge in [0.25, 0.3) is 0 Å². The van der Waals surface area contributed by atoms with Crippen LogP contribution in [0.5, 0.6) is 0 Å². The summed E-state index contributed by atoms with van der Waals surface area (Å²) in [6.45, 7) is 9.21. The average molecular weight is 202 g/mol. The van der Waals surface area contributed by atoms with Gasteiger partial charge in [-0.2, -0.15) is 0 Å². The van der Waals surface area contributed by atoms with Gasteiger partial charge in [-0.25, -0.2) is 0 Å². The van der Waals surface area contributed by atoms with Crippen LogP contribution in [-0.4, -0.2) is 0 Å². The molecule has 82 valence electrons. The Balaban J connectivity index is 2.55. The van der Waals surface area contributed by atoms with Gasteiger partial charge in [0.1, 0.15) is 0 Å². The van der Waals surface area contributed by atoms with E-state index in [1.54, 1.807) is 16.7 Å². The van der Waals surface area contributed by atoms with Crippen molar-refractivity contribution >= 4 is 0 Å². The van der Waals surface area contributed by atoms with Gasteiger partial charge in [-0.3, -0.25) is 0 Å². The molecule has 1 aliphatic carbocycles. The van der Waals surface area contributed by atoms with Crippen molar-refractivity contribution in [3.05, 3.63) is 33.9 Å². The highest BCUT2D eigenvalue weighted by molar-refractivity contribution is 5.46. The van der Waals surface area contributed by atoms with Gasteiger partial charge in [-0.1, -0.05) is 19.9 Å². The topological polar surface area (TPSA) is 0 Å². The largest absolute Gasteiger partial charge is 0.0622 e. The van der Waals surface area contributed by atoms with Crippen LogP contribution in [0.25, 0.3) is 0 Å². The summed E-state index contributed by atoms with van der Waals surface area (Å²) >= 11 is 0. The third kappa shape index (κ3) is 1.82. The Labute approximate surface area is 93.7 Å². The van der Waals surface area contributed by atoms with E-state index in [9.17, 15) is 0 Å². The Morgan fingerprint density at radius 2 is 2.07 bits per heavy atom. The molecule has 0 heteroatoms. The maximum atomic E-state index is 2.43. The van der Waals surface area contributed by atoms with Gasteiger partial charge in [0.15, 0.2) is 0 Å². The van der Waals surface area contributed by atoms with Crippen LogP contribution >= 0.6 is 0 Å². The SMILES string of the molecule is CCc1c(C)c(C)cc2c1CCC(C)C2. The van der Waals surface area contributed by atoms with Gasteiger partial charge in [0, 0.05) is 0 Å². The first-order chi connectivity index (χ1) is 7.13. The third-order valence-corrected chi connectivity index (χ3v) is 4.00. The lowest BCUT2D eigenvalue weighted by Gasteiger charge is -2.26. The molecule has 0 amide bonds. The van der Waals surface area contributed by atoms with E-state index in [-0.39, 0.29) is 0 Å². The van der Waals surface area contributed by atoms with Gasteiger partial charge >= 0.3 is 0 Å². The summed E-state index contributed by atoms with van der Waals surface area (Å²) in [6, 6.07) is 2.43. The molecule has 0 saturated carbocycles. The number of benzene rings is 1. The predicted octanol–water partition coefficient (Wildman–Crippen LogP) is 3.99. The van der Waals surface area contributed by atoms with E-state index in [0.717, 1.165) is 5.92 Å². The van der Waals surface area contributed by atoms with Gasteiger partial charge in [-0.15, -0.1) is 0 Å². The molecule has 1 aliphatic rings. The van der Waals surface area contributed by atoms with Crippen molar-refractivity contribution in [1.82, 2.24) is 0 Å². The van der Waals surface area contributed by atoms with E-state index in [1.807, 2.05) is 0 Å². The number of fused-ring (bicyclic) bond motifs is 1. The third-order valence-electron chi connectivity index (χ3n) is 4.00. The van der Waals surface area contributed by atoms with Crippen LogP contribution in [0.1, 0.15) is 48.1 Å². The summed E-state index contributed by atoms with van der Waals surface area (Å²) in [5, 5.41) is 0. The quantitative estimate of drug-likeness (QED) is 0.646. The van der Waals surface area contributed by atoms with Crippen LogP contribution in [-0.2, 0) is 19.3 Å². The molecule has 0 aromatic heterocycles. The Morgan fingerprint density at radius 3 is 2.73 bits per heavy atom. The van der Waals surface area contributed by atoms with Crippen molar-refractivity contribution in [2.24, 2.45) is 5.92 Å². The zero-order chi connectivity index (χ0) is 11.0. The summed E-state index contributed by atoms with van der Waals surface area (Å²) in [5.41, 5.74) is 7.97. The van der Waals surface area contributed by atoms with Crippen LogP contribution in [0.4, 0.5) is 0 Å². The zero-order valence-corrected chi connectivity index (χ0v) is 10.5. The minimum atomic E-state index is 0.879. The molecule has 0 saturated heterocycles. The maximum absolute atomic E-state index is 2.43. The highest BCUT2D eigenvalue weighted by Crippen LogP contribution is 2.31. The fraction of sp³-hybridized carbons (Fsp3) is 0.600. The lowest BCUT2D eigenvalue weighted by atomic mass is 9.79. The van der Waals surface area contributed by atoms with Crippen LogP contribution in [0.3, 0.4) is 0 Å². The number of hydrogen-bond donors (Lipinski definition) is 0. The van der Waals surface area contributed by atoms with Crippen LogP contribution in [0, 0.1) is 19.8 Å². The molecule has 0 heterocycles. The normalized spacial score (nSPS) is 20.1. The van der Waals surface area contributed by atoms with Crippen molar-refractivity contribution in [3.63, 3.8) is 0 Å². The summed E-state index contributed by atoms with van der Waals surface area (Å²) in [4.78, 5) is 0. The summed E-state index contributed by atoms with van der Waals surface area (Å²) in [7, 11) is 0. The molecule has 0 fully saturated rings. The molecule has 1 atom stereocenters. The molecule has 1 unspecified atom stereocenters. The van der Waals surface area contributed by atoms with Crippen molar-refractivity contribution in [1.29, 1.82) is 0 Å². The average Bonchev–Trinajstić information content (AvgIpc) is 2.20. The maximum Gasteiger partial charge on any atom is -0.0250 e. The lowest BCUT2D eigenvalue weighted by Crippen LogP contribution is -2.14. The molecule has 2 rings (SSSR count). The number of hydrogen-bond acceptors (Lipinski definition) is 0. The number of aryl methyl sites for hydroxylation is 1. The molecule has 0 nitrogen and oxygen atoms in total. The molecule has 1 aromatic rings. The van der Waals surface area contributed by atoms with Crippen molar-refractivity contribution in [2.75, 3.05) is 0 Å². The molecule has 0 bridgehead atoms. The van der Waals surface area contributed by atoms with E-state index < -0.39 is 0 Å². The van der Waals surface area contributed by atoms with Gasteiger partial charge in [-0.05, 0) is 73.3 Å². The Bertz CT molecular complexity index is 374. The zero-order valence-electron chi connectivity index (χ0n) is 10.5. The molecule has 0 aliphatic heterocycles. The minimum Gasteiger partial charge on any atom is -0.0622 e. The van der Waals surface area contributed by atoms with E-state index in [0.29, 0.717) is 0 Å². The highest BCUT2D eigenvalue weighted by Gasteiger charge is 2.19. The fourth-order valence-electron chi connectivity index (χ4n) is 2.96. The Hall–Kier alpha value is -0.780. The molecule has 0 N–H and O–H groups in total. The molecule has 1 aromatic carbocycles. The first-order valence-corrected chi connectivity index (χ1v) is 6.24. The Kier molecular flexibility index (Phi) is 2.86. The fourth-order valence-corrected chi connectivity index (χ4v) is 2.96. The van der Waals surface area contributed by atoms with Crippen LogP contribution < -0.4 is 0 Å². The van der Waals surface area contributed by atoms with Gasteiger partial charge < -0.3 is 0 Å². The van der Waals surface area contributed by atoms with Gasteiger partial charge in [0.05, 0.1) is 0 Å². The second-order valence-corrected chi connectivity index (χ2v) is 5.14. The second-order valence-electron chi connectivity index (χ2n) is 5.14. The van der Waals surface area contributed by atoms with E-state index in [4.69, 9.17) is 0 Å². The van der Waals surface area contributed by atoms with Crippen LogP contribution in [0.2, 0.25) is 0 Å². The standard InChI is InChI=1S/C15H22/c1-5-14-12(4)11(3)9-13-8-10(2)6-7-15(13)14/h9-10H,5-8H2,1-4H3. The lowest BCUT2D eigenvalue weighted by molar-refractivity contribution is 0.498. The summed E-state index contributed by atoms with van der Waals surface area (Å²) in [6.07, 6.45) is 5.18. The van der Waals surface area contributed by atoms with Crippen molar-refractivity contribution < 1.29 is 0 Å². The second kappa shape index (κ2) is 4.00. The number of rotatable bonds is 1. The van der Waals surface area contributed by atoms with E-state index in [2.05, 4.69) is 33.8 Å². The Morgan fingerprint density at radius 1 is 1.33 bits per heavy atom. The first-order valence-electron chi connectivity index (χ1n) is 6.24. The van der Waals surface area contributed by atoms with Crippen molar-refractivity contribution in [3.8, 4) is 0 Å². The monoisotopic (exact) mass is 202 g/mol. The molecular formula is C15H22. The summed E-state index contributed by atoms with van der Waals surface area (Å²) in [5.74, 6) is 0.879. The summed E-state index contributed by atoms with van der Waals surface area (Å²) < 4.78 is 0. The first kappa shape index (κ1) is 10.7. The molecule has 15 heavy (non-hydrogen) atoms. The molecule has 0 radical (unpaired) electrons.